The van der Waals surface area contributed by atoms with E-state index in [2.05, 4.69) is 4.72 Å². The summed E-state index contributed by atoms with van der Waals surface area (Å²) in [6, 6.07) is 11.9. The van der Waals surface area contributed by atoms with Gasteiger partial charge in [0.2, 0.25) is 0 Å². The fraction of sp³-hybridized carbons (Fsp3) is 0.214. The lowest BCUT2D eigenvalue weighted by atomic mass is 10.1. The molecule has 6 nitrogen and oxygen atoms in total. The highest BCUT2D eigenvalue weighted by atomic mass is 32.2. The first-order chi connectivity index (χ1) is 10.3. The number of hydrogen-bond donors (Lipinski definition) is 3. The first-order valence-electron chi connectivity index (χ1n) is 6.53. The zero-order valence-corrected chi connectivity index (χ0v) is 13.0. The van der Waals surface area contributed by atoms with E-state index in [1.54, 1.807) is 24.3 Å². The van der Waals surface area contributed by atoms with Crippen LogP contribution in [0.1, 0.15) is 17.9 Å². The van der Waals surface area contributed by atoms with Crippen LogP contribution < -0.4 is 10.5 Å². The van der Waals surface area contributed by atoms with Gasteiger partial charge in [0.05, 0.1) is 5.00 Å². The Morgan fingerprint density at radius 1 is 1.27 bits per heavy atom. The smallest absolute Gasteiger partial charge is 0.325 e. The number of benzene rings is 1. The monoisotopic (exact) mass is 338 g/mol. The number of aliphatic carboxylic acids is 1. The zero-order valence-electron chi connectivity index (χ0n) is 11.4. The van der Waals surface area contributed by atoms with Crippen molar-refractivity contribution >= 4 is 32.3 Å². The van der Waals surface area contributed by atoms with Crippen LogP contribution in [0, 0.1) is 0 Å². The molecule has 3 rings (SSSR count). The van der Waals surface area contributed by atoms with Gasteiger partial charge in [-0.15, -0.1) is 11.3 Å². The standard InChI is InChI=1S/C14H14N2O4S2/c15-11-6-7-12(21-11)22(19,20)16-14(13(17)18)8-10(14)9-4-2-1-3-5-9/h1-7,10,16H,8,15H2,(H,17,18)/t10-,14?/m0/s1. The number of nitrogens with two attached hydrogens (primary N) is 1. The molecule has 0 aliphatic heterocycles. The van der Waals surface area contributed by atoms with Crippen molar-refractivity contribution in [2.75, 3.05) is 5.73 Å². The quantitative estimate of drug-likeness (QED) is 0.767. The molecule has 116 valence electrons. The van der Waals surface area contributed by atoms with E-state index in [1.165, 1.54) is 12.1 Å². The Bertz CT molecular complexity index is 816. The third-order valence-corrected chi connectivity index (χ3v) is 6.64. The molecule has 1 aromatic carbocycles. The van der Waals surface area contributed by atoms with Crippen molar-refractivity contribution < 1.29 is 18.3 Å². The van der Waals surface area contributed by atoms with Gasteiger partial charge in [-0.1, -0.05) is 30.3 Å². The number of hydrogen-bond acceptors (Lipinski definition) is 5. The Hall–Kier alpha value is -1.90. The number of nitrogen functional groups attached to an aromatic ring is 1. The van der Waals surface area contributed by atoms with Gasteiger partial charge in [-0.25, -0.2) is 8.42 Å². The van der Waals surface area contributed by atoms with Crippen LogP contribution in [0.15, 0.2) is 46.7 Å². The van der Waals surface area contributed by atoms with E-state index in [1.807, 2.05) is 6.07 Å². The number of carboxylic acids is 1. The highest BCUT2D eigenvalue weighted by molar-refractivity contribution is 7.91. The molecule has 0 amide bonds. The molecule has 1 heterocycles. The third-order valence-electron chi connectivity index (χ3n) is 3.73. The Morgan fingerprint density at radius 3 is 2.50 bits per heavy atom. The van der Waals surface area contributed by atoms with E-state index in [4.69, 9.17) is 5.73 Å². The van der Waals surface area contributed by atoms with Gasteiger partial charge < -0.3 is 10.8 Å². The van der Waals surface area contributed by atoms with Crippen LogP contribution >= 0.6 is 11.3 Å². The van der Waals surface area contributed by atoms with Gasteiger partial charge >= 0.3 is 5.97 Å². The second-order valence-electron chi connectivity index (χ2n) is 5.21. The van der Waals surface area contributed by atoms with Crippen LogP contribution in [-0.4, -0.2) is 25.0 Å². The summed E-state index contributed by atoms with van der Waals surface area (Å²) in [4.78, 5) is 11.6. The summed E-state index contributed by atoms with van der Waals surface area (Å²) in [6.07, 6.45) is 0.229. The highest BCUT2D eigenvalue weighted by Gasteiger charge is 2.63. The number of rotatable bonds is 5. The average molecular weight is 338 g/mol. The van der Waals surface area contributed by atoms with Crippen LogP contribution in [0.3, 0.4) is 0 Å². The van der Waals surface area contributed by atoms with Crippen LogP contribution in [0.5, 0.6) is 0 Å². The average Bonchev–Trinajstić information content (AvgIpc) is 3.02. The number of sulfonamides is 1. The van der Waals surface area contributed by atoms with E-state index in [9.17, 15) is 18.3 Å². The molecule has 0 spiro atoms. The second kappa shape index (κ2) is 5.08. The fourth-order valence-electron chi connectivity index (χ4n) is 2.51. The van der Waals surface area contributed by atoms with Crippen molar-refractivity contribution in [1.82, 2.24) is 4.72 Å². The first-order valence-corrected chi connectivity index (χ1v) is 8.83. The molecule has 1 fully saturated rings. The fourth-order valence-corrected chi connectivity index (χ4v) is 5.01. The molecular formula is C14H14N2O4S2. The maximum atomic E-state index is 12.4. The van der Waals surface area contributed by atoms with Crippen LogP contribution in [0.2, 0.25) is 0 Å². The van der Waals surface area contributed by atoms with Gasteiger partial charge in [0.1, 0.15) is 9.75 Å². The molecule has 0 saturated heterocycles. The maximum absolute atomic E-state index is 12.4. The van der Waals surface area contributed by atoms with E-state index in [0.717, 1.165) is 16.9 Å². The molecule has 1 aromatic heterocycles. The van der Waals surface area contributed by atoms with E-state index in [-0.39, 0.29) is 16.5 Å². The summed E-state index contributed by atoms with van der Waals surface area (Å²) in [5.41, 5.74) is 4.86. The molecule has 1 unspecified atom stereocenters. The normalized spacial score (nSPS) is 24.1. The van der Waals surface area contributed by atoms with Crippen LogP contribution in [-0.2, 0) is 14.8 Å². The summed E-state index contributed by atoms with van der Waals surface area (Å²) in [7, 11) is -3.91. The maximum Gasteiger partial charge on any atom is 0.325 e. The molecule has 2 aromatic rings. The van der Waals surface area contributed by atoms with Gasteiger partial charge in [0, 0.05) is 5.92 Å². The minimum absolute atomic E-state index is 0.0179. The molecule has 1 aliphatic rings. The molecule has 0 bridgehead atoms. The summed E-state index contributed by atoms with van der Waals surface area (Å²) < 4.78 is 27.1. The minimum Gasteiger partial charge on any atom is -0.480 e. The number of carboxylic acid groups (broad SMARTS) is 1. The van der Waals surface area contributed by atoms with E-state index < -0.39 is 21.5 Å². The second-order valence-corrected chi connectivity index (χ2v) is 8.23. The van der Waals surface area contributed by atoms with Gasteiger partial charge in [0.15, 0.2) is 0 Å². The molecule has 1 aliphatic carbocycles. The van der Waals surface area contributed by atoms with Gasteiger partial charge in [-0.05, 0) is 24.1 Å². The van der Waals surface area contributed by atoms with Crippen molar-refractivity contribution in [3.05, 3.63) is 48.0 Å². The Balaban J connectivity index is 1.90. The van der Waals surface area contributed by atoms with Crippen LogP contribution in [0.25, 0.3) is 0 Å². The van der Waals surface area contributed by atoms with Crippen molar-refractivity contribution in [2.24, 2.45) is 0 Å². The number of anilines is 1. The lowest BCUT2D eigenvalue weighted by Crippen LogP contribution is -2.44. The zero-order chi connectivity index (χ0) is 16.0. The molecule has 2 atom stereocenters. The van der Waals surface area contributed by atoms with Gasteiger partial charge in [-0.3, -0.25) is 4.79 Å². The van der Waals surface area contributed by atoms with Gasteiger partial charge in [-0.2, -0.15) is 4.72 Å². The largest absolute Gasteiger partial charge is 0.480 e. The van der Waals surface area contributed by atoms with E-state index in [0.29, 0.717) is 5.00 Å². The SMILES string of the molecule is Nc1ccc(S(=O)(=O)NC2(C(=O)O)C[C@H]2c2ccccc2)s1. The molecule has 0 radical (unpaired) electrons. The predicted octanol–water partition coefficient (Wildman–Crippen LogP) is 1.62. The Labute approximate surface area is 131 Å². The van der Waals surface area contributed by atoms with Crippen molar-refractivity contribution in [1.29, 1.82) is 0 Å². The molecule has 1 saturated carbocycles. The molecule has 4 N–H and O–H groups in total. The van der Waals surface area contributed by atoms with Crippen molar-refractivity contribution in [3.8, 4) is 0 Å². The summed E-state index contributed by atoms with van der Waals surface area (Å²) in [5, 5.41) is 9.86. The Morgan fingerprint density at radius 2 is 1.95 bits per heavy atom. The Kier molecular flexibility index (Phi) is 3.47. The van der Waals surface area contributed by atoms with Crippen molar-refractivity contribution in [3.63, 3.8) is 0 Å². The minimum atomic E-state index is -3.91. The highest BCUT2D eigenvalue weighted by Crippen LogP contribution is 2.52. The van der Waals surface area contributed by atoms with Gasteiger partial charge in [0.25, 0.3) is 10.0 Å². The summed E-state index contributed by atoms with van der Waals surface area (Å²) >= 11 is 0.906. The summed E-state index contributed by atoms with van der Waals surface area (Å²) in [5.74, 6) is -1.55. The predicted molar refractivity (Wildman–Crippen MR) is 83.2 cm³/mol. The molecular weight excluding hydrogens is 324 g/mol. The number of carbonyl (C=O) groups is 1. The first kappa shape index (κ1) is 15.0. The molecule has 22 heavy (non-hydrogen) atoms. The number of thiophene rings is 1. The lowest BCUT2D eigenvalue weighted by Gasteiger charge is -2.14. The topological polar surface area (TPSA) is 109 Å². The lowest BCUT2D eigenvalue weighted by molar-refractivity contribution is -0.140. The third kappa shape index (κ3) is 2.49. The van der Waals surface area contributed by atoms with E-state index >= 15 is 0 Å². The van der Waals surface area contributed by atoms with Crippen LogP contribution in [0.4, 0.5) is 5.00 Å². The number of nitrogens with one attached hydrogen (secondary N) is 1. The molecule has 8 heteroatoms. The van der Waals surface area contributed by atoms with Crippen molar-refractivity contribution in [2.45, 2.75) is 22.1 Å². The summed E-state index contributed by atoms with van der Waals surface area (Å²) in [6.45, 7) is 0.